The van der Waals surface area contributed by atoms with Crippen molar-refractivity contribution >= 4 is 23.2 Å². The van der Waals surface area contributed by atoms with Crippen LogP contribution in [0.4, 0.5) is 5.69 Å². The van der Waals surface area contributed by atoms with Gasteiger partial charge in [0.25, 0.3) is 0 Å². The van der Waals surface area contributed by atoms with Crippen molar-refractivity contribution in [2.75, 3.05) is 25.6 Å². The van der Waals surface area contributed by atoms with Crippen LogP contribution in [-0.2, 0) is 16.0 Å². The van der Waals surface area contributed by atoms with E-state index in [1.165, 1.54) is 5.56 Å². The molecule has 1 N–H and O–H groups in total. The highest BCUT2D eigenvalue weighted by Crippen LogP contribution is 2.26. The van der Waals surface area contributed by atoms with Gasteiger partial charge >= 0.3 is 0 Å². The van der Waals surface area contributed by atoms with E-state index in [0.29, 0.717) is 23.1 Å². The summed E-state index contributed by atoms with van der Waals surface area (Å²) in [5.74, 6) is 0.382. The molecule has 0 aliphatic rings. The average molecular weight is 320 g/mol. The molecule has 0 heterocycles. The van der Waals surface area contributed by atoms with E-state index in [9.17, 15) is 4.79 Å². The van der Waals surface area contributed by atoms with E-state index in [1.807, 2.05) is 30.3 Å². The molecule has 0 radical (unpaired) electrons. The molecular formula is C17H18ClNO3. The number of hydrogen-bond acceptors (Lipinski definition) is 3. The van der Waals surface area contributed by atoms with Crippen molar-refractivity contribution in [3.63, 3.8) is 0 Å². The van der Waals surface area contributed by atoms with Crippen molar-refractivity contribution in [3.8, 4) is 5.75 Å². The van der Waals surface area contributed by atoms with Gasteiger partial charge in [-0.1, -0.05) is 41.9 Å². The Labute approximate surface area is 135 Å². The lowest BCUT2D eigenvalue weighted by atomic mass is 10.2. The number of amides is 1. The Hall–Kier alpha value is -2.04. The Bertz CT molecular complexity index is 617. The molecule has 2 aromatic carbocycles. The molecule has 2 rings (SSSR count). The molecule has 22 heavy (non-hydrogen) atoms. The third-order valence-corrected chi connectivity index (χ3v) is 3.39. The van der Waals surface area contributed by atoms with Gasteiger partial charge in [-0.2, -0.15) is 0 Å². The quantitative estimate of drug-likeness (QED) is 0.794. The Kier molecular flexibility index (Phi) is 6.25. The predicted molar refractivity (Wildman–Crippen MR) is 87.6 cm³/mol. The molecule has 0 aromatic heterocycles. The summed E-state index contributed by atoms with van der Waals surface area (Å²) in [6.07, 6.45) is 0.772. The molecule has 4 nitrogen and oxygen atoms in total. The van der Waals surface area contributed by atoms with Gasteiger partial charge in [-0.15, -0.1) is 0 Å². The number of carbonyl (C=O) groups is 1. The van der Waals surface area contributed by atoms with E-state index < -0.39 is 0 Å². The van der Waals surface area contributed by atoms with Gasteiger partial charge in [0.15, 0.2) is 0 Å². The summed E-state index contributed by atoms with van der Waals surface area (Å²) < 4.78 is 10.5. The van der Waals surface area contributed by atoms with E-state index >= 15 is 0 Å². The SMILES string of the molecule is COc1ccc(Cl)c(NC(=O)COCCc2ccccc2)c1. The standard InChI is InChI=1S/C17H18ClNO3/c1-21-14-7-8-15(18)16(11-14)19-17(20)12-22-10-9-13-5-3-2-4-6-13/h2-8,11H,9-10,12H2,1H3,(H,19,20). The molecule has 0 unspecified atom stereocenters. The van der Waals surface area contributed by atoms with Crippen LogP contribution in [0.25, 0.3) is 0 Å². The summed E-state index contributed by atoms with van der Waals surface area (Å²) in [6.45, 7) is 0.476. The molecule has 1 amide bonds. The van der Waals surface area contributed by atoms with Gasteiger partial charge in [-0.25, -0.2) is 0 Å². The van der Waals surface area contributed by atoms with Gasteiger partial charge in [0.2, 0.25) is 5.91 Å². The highest BCUT2D eigenvalue weighted by molar-refractivity contribution is 6.33. The minimum Gasteiger partial charge on any atom is -0.497 e. The number of rotatable bonds is 7. The van der Waals surface area contributed by atoms with Crippen LogP contribution in [-0.4, -0.2) is 26.2 Å². The molecule has 0 fully saturated rings. The maximum atomic E-state index is 11.8. The van der Waals surface area contributed by atoms with Crippen LogP contribution in [0.2, 0.25) is 5.02 Å². The summed E-state index contributed by atoms with van der Waals surface area (Å²) in [5.41, 5.74) is 1.69. The number of hydrogen-bond donors (Lipinski definition) is 1. The lowest BCUT2D eigenvalue weighted by Crippen LogP contribution is -2.19. The molecule has 0 atom stereocenters. The molecule has 116 valence electrons. The summed E-state index contributed by atoms with van der Waals surface area (Å²) in [4.78, 5) is 11.8. The van der Waals surface area contributed by atoms with Gasteiger partial charge < -0.3 is 14.8 Å². The monoisotopic (exact) mass is 319 g/mol. The van der Waals surface area contributed by atoms with Crippen molar-refractivity contribution in [1.82, 2.24) is 0 Å². The Morgan fingerprint density at radius 3 is 2.68 bits per heavy atom. The van der Waals surface area contributed by atoms with Crippen molar-refractivity contribution in [2.45, 2.75) is 6.42 Å². The molecular weight excluding hydrogens is 302 g/mol. The summed E-state index contributed by atoms with van der Waals surface area (Å²) in [6, 6.07) is 15.1. The fourth-order valence-electron chi connectivity index (χ4n) is 1.91. The Morgan fingerprint density at radius 1 is 1.18 bits per heavy atom. The normalized spacial score (nSPS) is 10.3. The number of methoxy groups -OCH3 is 1. The highest BCUT2D eigenvalue weighted by Gasteiger charge is 2.07. The molecule has 0 saturated carbocycles. The summed E-state index contributed by atoms with van der Waals surface area (Å²) in [5, 5.41) is 3.16. The smallest absolute Gasteiger partial charge is 0.250 e. The predicted octanol–water partition coefficient (Wildman–Crippen LogP) is 3.55. The zero-order valence-corrected chi connectivity index (χ0v) is 13.1. The van der Waals surface area contributed by atoms with Crippen molar-refractivity contribution < 1.29 is 14.3 Å². The number of anilines is 1. The van der Waals surface area contributed by atoms with E-state index in [2.05, 4.69) is 5.32 Å². The molecule has 2 aromatic rings. The van der Waals surface area contributed by atoms with Gasteiger partial charge in [0, 0.05) is 6.07 Å². The van der Waals surface area contributed by atoms with Crippen LogP contribution in [0.5, 0.6) is 5.75 Å². The van der Waals surface area contributed by atoms with Crippen molar-refractivity contribution in [3.05, 3.63) is 59.1 Å². The van der Waals surface area contributed by atoms with Gasteiger partial charge in [-0.3, -0.25) is 4.79 Å². The van der Waals surface area contributed by atoms with Crippen LogP contribution in [0.15, 0.2) is 48.5 Å². The molecule has 0 aliphatic carbocycles. The van der Waals surface area contributed by atoms with Gasteiger partial charge in [0.05, 0.1) is 24.4 Å². The van der Waals surface area contributed by atoms with E-state index in [0.717, 1.165) is 6.42 Å². The fourth-order valence-corrected chi connectivity index (χ4v) is 2.08. The maximum absolute atomic E-state index is 11.8. The van der Waals surface area contributed by atoms with Crippen molar-refractivity contribution in [1.29, 1.82) is 0 Å². The molecule has 0 saturated heterocycles. The first-order valence-electron chi connectivity index (χ1n) is 6.94. The zero-order valence-electron chi connectivity index (χ0n) is 12.3. The molecule has 0 spiro atoms. The first-order chi connectivity index (χ1) is 10.7. The first-order valence-corrected chi connectivity index (χ1v) is 7.32. The molecule has 5 heteroatoms. The maximum Gasteiger partial charge on any atom is 0.250 e. The summed E-state index contributed by atoms with van der Waals surface area (Å²) in [7, 11) is 1.56. The second-order valence-corrected chi connectivity index (χ2v) is 5.09. The van der Waals surface area contributed by atoms with Crippen LogP contribution < -0.4 is 10.1 Å². The van der Waals surface area contributed by atoms with Crippen LogP contribution in [0.1, 0.15) is 5.56 Å². The summed E-state index contributed by atoms with van der Waals surface area (Å²) >= 11 is 6.03. The zero-order chi connectivity index (χ0) is 15.8. The van der Waals surface area contributed by atoms with E-state index in [4.69, 9.17) is 21.1 Å². The average Bonchev–Trinajstić information content (AvgIpc) is 2.54. The highest BCUT2D eigenvalue weighted by atomic mass is 35.5. The third-order valence-electron chi connectivity index (χ3n) is 3.06. The lowest BCUT2D eigenvalue weighted by Gasteiger charge is -2.09. The number of halogens is 1. The lowest BCUT2D eigenvalue weighted by molar-refractivity contribution is -0.120. The number of nitrogens with one attached hydrogen (secondary N) is 1. The third kappa shape index (κ3) is 5.06. The number of carbonyl (C=O) groups excluding carboxylic acids is 1. The van der Waals surface area contributed by atoms with Crippen LogP contribution in [0.3, 0.4) is 0 Å². The molecule has 0 bridgehead atoms. The minimum atomic E-state index is -0.247. The van der Waals surface area contributed by atoms with E-state index in [-0.39, 0.29) is 12.5 Å². The topological polar surface area (TPSA) is 47.6 Å². The second-order valence-electron chi connectivity index (χ2n) is 4.68. The van der Waals surface area contributed by atoms with Crippen LogP contribution >= 0.6 is 11.6 Å². The van der Waals surface area contributed by atoms with E-state index in [1.54, 1.807) is 25.3 Å². The minimum absolute atomic E-state index is 0.0135. The second kappa shape index (κ2) is 8.41. The van der Waals surface area contributed by atoms with Gasteiger partial charge in [0.1, 0.15) is 12.4 Å². The van der Waals surface area contributed by atoms with Gasteiger partial charge in [-0.05, 0) is 24.1 Å². The largest absolute Gasteiger partial charge is 0.497 e. The van der Waals surface area contributed by atoms with Crippen molar-refractivity contribution in [2.24, 2.45) is 0 Å². The first kappa shape index (κ1) is 16.3. The fraction of sp³-hybridized carbons (Fsp3) is 0.235. The Balaban J connectivity index is 1.76. The Morgan fingerprint density at radius 2 is 1.95 bits per heavy atom. The number of benzene rings is 2. The van der Waals surface area contributed by atoms with Crippen LogP contribution in [0, 0.1) is 0 Å². The molecule has 0 aliphatic heterocycles. The number of ether oxygens (including phenoxy) is 2.